The van der Waals surface area contributed by atoms with Crippen molar-refractivity contribution in [2.75, 3.05) is 0 Å². The number of rotatable bonds is 2. The molecule has 0 amide bonds. The number of carboxylic acid groups (broad SMARTS) is 2. The number of halogens is 1. The Labute approximate surface area is 88.3 Å². The first-order chi connectivity index (χ1) is 6.52. The van der Waals surface area contributed by atoms with Crippen LogP contribution in [-0.4, -0.2) is 27.1 Å². The Bertz CT molecular complexity index is 306. The molecule has 0 bridgehead atoms. The smallest absolute Gasteiger partial charge is 0.328 e. The average Bonchev–Trinajstić information content (AvgIpc) is 2.53. The van der Waals surface area contributed by atoms with Gasteiger partial charge < -0.3 is 10.2 Å². The van der Waals surface area contributed by atoms with Gasteiger partial charge in [0.2, 0.25) is 0 Å². The number of aromatic nitrogens is 1. The summed E-state index contributed by atoms with van der Waals surface area (Å²) in [6.45, 7) is 0. The maximum atomic E-state index is 9.55. The molecule has 0 unspecified atom stereocenters. The van der Waals surface area contributed by atoms with Gasteiger partial charge in [-0.1, -0.05) is 11.6 Å². The van der Waals surface area contributed by atoms with Gasteiger partial charge in [0.1, 0.15) is 0 Å². The lowest BCUT2D eigenvalue weighted by molar-refractivity contribution is -0.134. The van der Waals surface area contributed by atoms with Gasteiger partial charge >= 0.3 is 11.9 Å². The molecular weight excluding hydrogens is 230 g/mol. The van der Waals surface area contributed by atoms with Gasteiger partial charge in [-0.15, -0.1) is 11.3 Å². The molecule has 0 aliphatic heterocycles. The zero-order chi connectivity index (χ0) is 11.0. The molecule has 1 aromatic heterocycles. The molecule has 0 saturated heterocycles. The summed E-state index contributed by atoms with van der Waals surface area (Å²) in [4.78, 5) is 22.8. The molecule has 0 aromatic carbocycles. The van der Waals surface area contributed by atoms with Crippen LogP contribution in [0.15, 0.2) is 23.7 Å². The minimum Gasteiger partial charge on any atom is -0.478 e. The van der Waals surface area contributed by atoms with Crippen molar-refractivity contribution in [3.05, 3.63) is 28.2 Å². The highest BCUT2D eigenvalue weighted by atomic mass is 35.5. The second-order valence-electron chi connectivity index (χ2n) is 1.79. The quantitative estimate of drug-likeness (QED) is 0.759. The van der Waals surface area contributed by atoms with Gasteiger partial charge in [0, 0.05) is 23.7 Å². The molecule has 1 aromatic rings. The summed E-state index contributed by atoms with van der Waals surface area (Å²) in [6.07, 6.45) is 2.79. The van der Waals surface area contributed by atoms with E-state index in [9.17, 15) is 9.59 Å². The van der Waals surface area contributed by atoms with Crippen molar-refractivity contribution in [3.63, 3.8) is 0 Å². The van der Waals surface area contributed by atoms with Gasteiger partial charge in [-0.25, -0.2) is 14.6 Å². The molecule has 0 spiro atoms. The van der Waals surface area contributed by atoms with Crippen LogP contribution in [0.4, 0.5) is 0 Å². The van der Waals surface area contributed by atoms with Crippen molar-refractivity contribution in [3.8, 4) is 0 Å². The van der Waals surface area contributed by atoms with Crippen molar-refractivity contribution >= 4 is 34.9 Å². The van der Waals surface area contributed by atoms with Gasteiger partial charge in [0.05, 0.1) is 0 Å². The van der Waals surface area contributed by atoms with Crippen LogP contribution in [0.1, 0.15) is 0 Å². The molecule has 1 rings (SSSR count). The highest BCUT2D eigenvalue weighted by molar-refractivity contribution is 7.13. The lowest BCUT2D eigenvalue weighted by Gasteiger charge is -1.74. The Morgan fingerprint density at radius 2 is 1.86 bits per heavy atom. The number of thiazole rings is 1. The molecule has 5 nitrogen and oxygen atoms in total. The van der Waals surface area contributed by atoms with E-state index in [0.717, 1.165) is 0 Å². The van der Waals surface area contributed by atoms with E-state index in [-0.39, 0.29) is 0 Å². The number of carboxylic acids is 2. The summed E-state index contributed by atoms with van der Waals surface area (Å²) in [6, 6.07) is 0. The zero-order valence-electron chi connectivity index (χ0n) is 6.75. The van der Waals surface area contributed by atoms with E-state index < -0.39 is 11.9 Å². The number of carbonyl (C=O) groups is 2. The molecule has 0 radical (unpaired) electrons. The Balaban J connectivity index is 0.000000249. The molecule has 7 heteroatoms. The van der Waals surface area contributed by atoms with Crippen LogP contribution in [0.3, 0.4) is 0 Å². The molecule has 1 heterocycles. The summed E-state index contributed by atoms with van der Waals surface area (Å²) in [5, 5.41) is 17.5. The SMILES string of the molecule is Clc1nccs1.O=C(O)/C=C/C(=O)O. The molecule has 14 heavy (non-hydrogen) atoms. The van der Waals surface area contributed by atoms with Gasteiger partial charge in [-0.3, -0.25) is 0 Å². The standard InChI is InChI=1S/C4H4O4.C3H2ClNS/c5-3(6)1-2-4(7)8;4-3-5-1-2-6-3/h1-2H,(H,5,6)(H,7,8);1-2H/b2-1+;. The molecule has 0 fully saturated rings. The van der Waals surface area contributed by atoms with Crippen LogP contribution in [0, 0.1) is 0 Å². The highest BCUT2D eigenvalue weighted by Gasteiger charge is 1.88. The first-order valence-corrected chi connectivity index (χ1v) is 4.47. The second-order valence-corrected chi connectivity index (χ2v) is 3.27. The monoisotopic (exact) mass is 235 g/mol. The fourth-order valence-corrected chi connectivity index (χ4v) is 0.915. The highest BCUT2D eigenvalue weighted by Crippen LogP contribution is 2.08. The first-order valence-electron chi connectivity index (χ1n) is 3.21. The van der Waals surface area contributed by atoms with Gasteiger partial charge in [-0.2, -0.15) is 0 Å². The van der Waals surface area contributed by atoms with E-state index in [2.05, 4.69) is 4.98 Å². The maximum Gasteiger partial charge on any atom is 0.328 e. The second kappa shape index (κ2) is 7.05. The van der Waals surface area contributed by atoms with Gasteiger partial charge in [0.25, 0.3) is 0 Å². The third-order valence-corrected chi connectivity index (χ3v) is 1.69. The Morgan fingerprint density at radius 3 is 2.00 bits per heavy atom. The number of hydrogen-bond donors (Lipinski definition) is 2. The minimum absolute atomic E-state index is 0.558. The van der Waals surface area contributed by atoms with Crippen molar-refractivity contribution in [2.45, 2.75) is 0 Å². The van der Waals surface area contributed by atoms with Gasteiger partial charge in [0.15, 0.2) is 4.47 Å². The molecule has 0 saturated carbocycles. The van der Waals surface area contributed by atoms with Crippen LogP contribution in [0.25, 0.3) is 0 Å². The van der Waals surface area contributed by atoms with E-state index in [0.29, 0.717) is 16.6 Å². The summed E-state index contributed by atoms with van der Waals surface area (Å²) in [5.41, 5.74) is 0. The van der Waals surface area contributed by atoms with E-state index in [1.807, 2.05) is 5.38 Å². The number of hydrogen-bond acceptors (Lipinski definition) is 4. The first kappa shape index (κ1) is 12.6. The zero-order valence-corrected chi connectivity index (χ0v) is 8.33. The third-order valence-electron chi connectivity index (χ3n) is 0.771. The topological polar surface area (TPSA) is 87.5 Å². The van der Waals surface area contributed by atoms with E-state index in [4.69, 9.17) is 21.8 Å². The summed E-state index contributed by atoms with van der Waals surface area (Å²) >= 11 is 6.79. The van der Waals surface area contributed by atoms with Crippen molar-refractivity contribution < 1.29 is 19.8 Å². The third kappa shape index (κ3) is 8.69. The number of nitrogens with zero attached hydrogens (tertiary/aromatic N) is 1. The normalized spacial score (nSPS) is 9.21. The van der Waals surface area contributed by atoms with Crippen LogP contribution in [0.5, 0.6) is 0 Å². The molecule has 2 N–H and O–H groups in total. The van der Waals surface area contributed by atoms with E-state index in [1.165, 1.54) is 11.3 Å². The molecule has 0 aliphatic rings. The molecule has 0 atom stereocenters. The van der Waals surface area contributed by atoms with Crippen molar-refractivity contribution in [2.24, 2.45) is 0 Å². The van der Waals surface area contributed by atoms with Crippen LogP contribution in [0.2, 0.25) is 4.47 Å². The lowest BCUT2D eigenvalue weighted by atomic mass is 10.5. The number of aliphatic carboxylic acids is 2. The predicted octanol–water partition coefficient (Wildman–Crippen LogP) is 1.51. The van der Waals surface area contributed by atoms with Crippen LogP contribution >= 0.6 is 22.9 Å². The molecule has 0 aliphatic carbocycles. The Morgan fingerprint density at radius 1 is 1.36 bits per heavy atom. The minimum atomic E-state index is -1.26. The van der Waals surface area contributed by atoms with Gasteiger partial charge in [-0.05, 0) is 0 Å². The largest absolute Gasteiger partial charge is 0.478 e. The van der Waals surface area contributed by atoms with Crippen LogP contribution < -0.4 is 0 Å². The fourth-order valence-electron chi connectivity index (χ4n) is 0.349. The lowest BCUT2D eigenvalue weighted by Crippen LogP contribution is -1.91. The van der Waals surface area contributed by atoms with Crippen LogP contribution in [-0.2, 0) is 9.59 Å². The average molecular weight is 236 g/mol. The predicted molar refractivity (Wildman–Crippen MR) is 51.5 cm³/mol. The van der Waals surface area contributed by atoms with Crippen molar-refractivity contribution in [1.82, 2.24) is 4.98 Å². The summed E-state index contributed by atoms with van der Waals surface area (Å²) in [5.74, 6) is -2.51. The van der Waals surface area contributed by atoms with Crippen molar-refractivity contribution in [1.29, 1.82) is 0 Å². The molecule has 76 valence electrons. The maximum absolute atomic E-state index is 9.55. The molecular formula is C7H6ClNO4S. The summed E-state index contributed by atoms with van der Waals surface area (Å²) in [7, 11) is 0. The Hall–Kier alpha value is -1.40. The van der Waals surface area contributed by atoms with E-state index >= 15 is 0 Å². The Kier molecular flexibility index (Phi) is 6.34. The fraction of sp³-hybridized carbons (Fsp3) is 0. The summed E-state index contributed by atoms with van der Waals surface area (Å²) < 4.78 is 0.606. The van der Waals surface area contributed by atoms with E-state index in [1.54, 1.807) is 6.20 Å².